The fraction of sp³-hybridized carbons (Fsp3) is 0.467. The molecule has 5 nitrogen and oxygen atoms in total. The number of carbonyl (C=O) groups is 2. The van der Waals surface area contributed by atoms with Crippen molar-refractivity contribution >= 4 is 33.6 Å². The van der Waals surface area contributed by atoms with Crippen molar-refractivity contribution in [2.75, 3.05) is 11.9 Å². The molecule has 0 bridgehead atoms. The van der Waals surface area contributed by atoms with E-state index < -0.39 is 0 Å². The molecule has 1 aliphatic carbocycles. The van der Waals surface area contributed by atoms with E-state index in [1.54, 1.807) is 6.07 Å². The van der Waals surface area contributed by atoms with Gasteiger partial charge in [0.2, 0.25) is 5.91 Å². The molecule has 1 saturated carbocycles. The van der Waals surface area contributed by atoms with Crippen molar-refractivity contribution in [3.8, 4) is 0 Å². The van der Waals surface area contributed by atoms with Gasteiger partial charge in [-0.3, -0.25) is 4.79 Å². The van der Waals surface area contributed by atoms with E-state index in [0.717, 1.165) is 30.2 Å². The van der Waals surface area contributed by atoms with Gasteiger partial charge in [0.15, 0.2) is 0 Å². The number of hydrogen-bond donors (Lipinski definition) is 3. The Labute approximate surface area is 133 Å². The molecule has 0 atom stereocenters. The van der Waals surface area contributed by atoms with Crippen LogP contribution in [0.3, 0.4) is 0 Å². The largest absolute Gasteiger partial charge is 0.335 e. The predicted molar refractivity (Wildman–Crippen MR) is 86.2 cm³/mol. The normalized spacial score (nSPS) is 15.3. The number of halogens is 1. The number of rotatable bonds is 4. The molecule has 6 heteroatoms. The average Bonchev–Trinajstić information content (AvgIpc) is 2.49. The van der Waals surface area contributed by atoms with Gasteiger partial charge in [0, 0.05) is 10.5 Å². The molecule has 3 N–H and O–H groups in total. The highest BCUT2D eigenvalue weighted by molar-refractivity contribution is 9.10. The third-order valence-corrected chi connectivity index (χ3v) is 4.19. The Morgan fingerprint density at radius 2 is 1.86 bits per heavy atom. The van der Waals surface area contributed by atoms with Crippen LogP contribution in [0.25, 0.3) is 0 Å². The highest BCUT2D eigenvalue weighted by Crippen LogP contribution is 2.20. The van der Waals surface area contributed by atoms with Crippen molar-refractivity contribution in [2.45, 2.75) is 38.1 Å². The molecule has 3 amide bonds. The third-order valence-electron chi connectivity index (χ3n) is 3.50. The maximum absolute atomic E-state index is 11.8. The number of para-hydroxylation sites is 1. The van der Waals surface area contributed by atoms with Crippen LogP contribution in [-0.2, 0) is 4.79 Å². The molecule has 0 unspecified atom stereocenters. The second kappa shape index (κ2) is 8.02. The van der Waals surface area contributed by atoms with Crippen LogP contribution in [0.4, 0.5) is 10.5 Å². The summed E-state index contributed by atoms with van der Waals surface area (Å²) in [6.07, 6.45) is 5.61. The number of urea groups is 1. The molecule has 2 rings (SSSR count). The summed E-state index contributed by atoms with van der Waals surface area (Å²) in [5.41, 5.74) is 0.692. The fourth-order valence-electron chi connectivity index (χ4n) is 2.40. The number of amides is 3. The Balaban J connectivity index is 1.71. The van der Waals surface area contributed by atoms with Gasteiger partial charge in [0.25, 0.3) is 0 Å². The van der Waals surface area contributed by atoms with Crippen LogP contribution in [-0.4, -0.2) is 24.5 Å². The predicted octanol–water partition coefficient (Wildman–Crippen LogP) is 3.02. The first kappa shape index (κ1) is 15.8. The number of anilines is 1. The van der Waals surface area contributed by atoms with E-state index in [-0.39, 0.29) is 24.5 Å². The zero-order valence-corrected chi connectivity index (χ0v) is 13.4. The lowest BCUT2D eigenvalue weighted by atomic mass is 9.96. The van der Waals surface area contributed by atoms with Crippen LogP contribution in [0.2, 0.25) is 0 Å². The average molecular weight is 354 g/mol. The standard InChI is InChI=1S/C15H20BrN3O2/c16-12-8-4-5-9-13(12)19-14(20)10-17-15(21)18-11-6-2-1-3-7-11/h4-5,8-9,11H,1-3,6-7,10H2,(H,19,20)(H2,17,18,21). The van der Waals surface area contributed by atoms with E-state index in [1.165, 1.54) is 6.42 Å². The van der Waals surface area contributed by atoms with Crippen LogP contribution >= 0.6 is 15.9 Å². The second-order valence-corrected chi connectivity index (χ2v) is 6.04. The molecule has 114 valence electrons. The van der Waals surface area contributed by atoms with Gasteiger partial charge in [-0.15, -0.1) is 0 Å². The highest BCUT2D eigenvalue weighted by Gasteiger charge is 2.15. The monoisotopic (exact) mass is 353 g/mol. The van der Waals surface area contributed by atoms with Crippen molar-refractivity contribution in [3.05, 3.63) is 28.7 Å². The van der Waals surface area contributed by atoms with Gasteiger partial charge in [-0.2, -0.15) is 0 Å². The summed E-state index contributed by atoms with van der Waals surface area (Å²) >= 11 is 3.36. The summed E-state index contributed by atoms with van der Waals surface area (Å²) in [5, 5.41) is 8.24. The van der Waals surface area contributed by atoms with Crippen molar-refractivity contribution in [2.24, 2.45) is 0 Å². The van der Waals surface area contributed by atoms with E-state index in [4.69, 9.17) is 0 Å². The smallest absolute Gasteiger partial charge is 0.315 e. The lowest BCUT2D eigenvalue weighted by Crippen LogP contribution is -2.45. The lowest BCUT2D eigenvalue weighted by Gasteiger charge is -2.22. The van der Waals surface area contributed by atoms with Crippen molar-refractivity contribution in [3.63, 3.8) is 0 Å². The van der Waals surface area contributed by atoms with Crippen molar-refractivity contribution in [1.29, 1.82) is 0 Å². The minimum absolute atomic E-state index is 0.0418. The molecular formula is C15H20BrN3O2. The molecule has 1 aliphatic rings. The van der Waals surface area contributed by atoms with E-state index in [9.17, 15) is 9.59 Å². The Bertz CT molecular complexity index is 501. The summed E-state index contributed by atoms with van der Waals surface area (Å²) in [6, 6.07) is 7.32. The van der Waals surface area contributed by atoms with E-state index in [1.807, 2.05) is 18.2 Å². The Morgan fingerprint density at radius 3 is 2.57 bits per heavy atom. The molecule has 0 heterocycles. The minimum atomic E-state index is -0.274. The summed E-state index contributed by atoms with van der Waals surface area (Å²) in [4.78, 5) is 23.5. The second-order valence-electron chi connectivity index (χ2n) is 5.19. The van der Waals surface area contributed by atoms with Crippen LogP contribution in [0.5, 0.6) is 0 Å². The fourth-order valence-corrected chi connectivity index (χ4v) is 2.78. The first-order chi connectivity index (χ1) is 10.1. The van der Waals surface area contributed by atoms with E-state index >= 15 is 0 Å². The molecule has 0 aromatic heterocycles. The zero-order chi connectivity index (χ0) is 15.1. The van der Waals surface area contributed by atoms with Gasteiger partial charge in [-0.25, -0.2) is 4.79 Å². The number of carbonyl (C=O) groups excluding carboxylic acids is 2. The summed E-state index contributed by atoms with van der Waals surface area (Å²) in [5.74, 6) is -0.249. The quantitative estimate of drug-likeness (QED) is 0.778. The first-order valence-corrected chi connectivity index (χ1v) is 8.03. The zero-order valence-electron chi connectivity index (χ0n) is 11.8. The van der Waals surface area contributed by atoms with E-state index in [2.05, 4.69) is 31.9 Å². The van der Waals surface area contributed by atoms with Crippen LogP contribution in [0, 0.1) is 0 Å². The van der Waals surface area contributed by atoms with Gasteiger partial charge < -0.3 is 16.0 Å². The first-order valence-electron chi connectivity index (χ1n) is 7.24. The van der Waals surface area contributed by atoms with Gasteiger partial charge in [-0.05, 0) is 40.9 Å². The van der Waals surface area contributed by atoms with Gasteiger partial charge in [0.05, 0.1) is 12.2 Å². The molecule has 0 saturated heterocycles. The van der Waals surface area contributed by atoms with Crippen molar-refractivity contribution < 1.29 is 9.59 Å². The molecule has 0 spiro atoms. The van der Waals surface area contributed by atoms with Crippen LogP contribution in [0.1, 0.15) is 32.1 Å². The Hall–Kier alpha value is -1.56. The SMILES string of the molecule is O=C(CNC(=O)NC1CCCCC1)Nc1ccccc1Br. The molecule has 0 aliphatic heterocycles. The Kier molecular flexibility index (Phi) is 6.04. The minimum Gasteiger partial charge on any atom is -0.335 e. The van der Waals surface area contributed by atoms with Crippen LogP contribution in [0.15, 0.2) is 28.7 Å². The molecule has 1 fully saturated rings. The van der Waals surface area contributed by atoms with Crippen LogP contribution < -0.4 is 16.0 Å². The van der Waals surface area contributed by atoms with Crippen molar-refractivity contribution in [1.82, 2.24) is 10.6 Å². The molecule has 1 aromatic carbocycles. The molecular weight excluding hydrogens is 334 g/mol. The number of nitrogens with one attached hydrogen (secondary N) is 3. The number of benzene rings is 1. The van der Waals surface area contributed by atoms with Gasteiger partial charge in [-0.1, -0.05) is 31.4 Å². The maximum atomic E-state index is 11.8. The van der Waals surface area contributed by atoms with Gasteiger partial charge >= 0.3 is 6.03 Å². The highest BCUT2D eigenvalue weighted by atomic mass is 79.9. The molecule has 21 heavy (non-hydrogen) atoms. The molecule has 0 radical (unpaired) electrons. The lowest BCUT2D eigenvalue weighted by molar-refractivity contribution is -0.115. The number of hydrogen-bond acceptors (Lipinski definition) is 2. The summed E-state index contributed by atoms with van der Waals surface area (Å²) < 4.78 is 0.810. The van der Waals surface area contributed by atoms with E-state index in [0.29, 0.717) is 5.69 Å². The molecule has 1 aromatic rings. The van der Waals surface area contributed by atoms with Gasteiger partial charge in [0.1, 0.15) is 0 Å². The summed E-state index contributed by atoms with van der Waals surface area (Å²) in [6.45, 7) is -0.0418. The topological polar surface area (TPSA) is 70.2 Å². The maximum Gasteiger partial charge on any atom is 0.315 e. The summed E-state index contributed by atoms with van der Waals surface area (Å²) in [7, 11) is 0. The third kappa shape index (κ3) is 5.38. The Morgan fingerprint density at radius 1 is 1.14 bits per heavy atom.